The minimum absolute atomic E-state index is 0.0947. The van der Waals surface area contributed by atoms with Crippen LogP contribution in [0, 0.1) is 5.92 Å². The molecule has 1 heterocycles. The molecule has 214 valence electrons. The van der Waals surface area contributed by atoms with Crippen molar-refractivity contribution in [3.63, 3.8) is 0 Å². The van der Waals surface area contributed by atoms with Crippen molar-refractivity contribution in [2.45, 2.75) is 98.9 Å². The number of alkyl halides is 1. The standard InChI is InChI=1S/C27H43FN6O2.C2H6/c1-9-18(2)12-21(11-10-19(3)35)23-14-24(27(6,7)28)33-34(23)17-26(4,5)32-25(36)22(30)13-20(15-29)16-31-8;1-2/h10-12,14-16,18,22H,9,13,17,29-30H2,1-8H3,(H,32,36);1-2H3/b11-10-,20-15-,21-12+,31-16?;/t18?,22-;/m1./s1. The van der Waals surface area contributed by atoms with Gasteiger partial charge in [-0.15, -0.1) is 0 Å². The fourth-order valence-electron chi connectivity index (χ4n) is 3.43. The minimum Gasteiger partial charge on any atom is -0.404 e. The lowest BCUT2D eigenvalue weighted by molar-refractivity contribution is -0.124. The number of hydrogen-bond donors (Lipinski definition) is 3. The molecule has 0 saturated heterocycles. The van der Waals surface area contributed by atoms with Crippen molar-refractivity contribution in [2.75, 3.05) is 7.05 Å². The summed E-state index contributed by atoms with van der Waals surface area (Å²) in [5, 5.41) is 7.51. The zero-order valence-corrected chi connectivity index (χ0v) is 24.9. The summed E-state index contributed by atoms with van der Waals surface area (Å²) in [7, 11) is 1.61. The van der Waals surface area contributed by atoms with Crippen LogP contribution in [0.4, 0.5) is 4.39 Å². The molecule has 1 aromatic heterocycles. The molecule has 2 atom stereocenters. The molecule has 8 nitrogen and oxygen atoms in total. The maximum atomic E-state index is 14.9. The third kappa shape index (κ3) is 12.0. The van der Waals surface area contributed by atoms with E-state index in [0.29, 0.717) is 11.3 Å². The fourth-order valence-corrected chi connectivity index (χ4v) is 3.43. The lowest BCUT2D eigenvalue weighted by Crippen LogP contribution is -2.52. The van der Waals surface area contributed by atoms with Crippen molar-refractivity contribution in [3.05, 3.63) is 47.5 Å². The predicted octanol–water partition coefficient (Wildman–Crippen LogP) is 4.84. The Balaban J connectivity index is 0.00000667. The highest BCUT2D eigenvalue weighted by Gasteiger charge is 2.29. The zero-order chi connectivity index (χ0) is 29.7. The Bertz CT molecular complexity index is 1030. The third-order valence-electron chi connectivity index (χ3n) is 5.60. The second kappa shape index (κ2) is 16.0. The molecule has 1 aromatic rings. The van der Waals surface area contributed by atoms with Gasteiger partial charge in [-0.2, -0.15) is 5.10 Å². The summed E-state index contributed by atoms with van der Waals surface area (Å²) >= 11 is 0. The van der Waals surface area contributed by atoms with Gasteiger partial charge in [0.1, 0.15) is 5.67 Å². The number of ketones is 1. The molecule has 1 unspecified atom stereocenters. The van der Waals surface area contributed by atoms with E-state index in [1.54, 1.807) is 30.1 Å². The van der Waals surface area contributed by atoms with Gasteiger partial charge < -0.3 is 16.8 Å². The first-order valence-corrected chi connectivity index (χ1v) is 13.2. The number of aliphatic imine (C=N–C) groups is 1. The Morgan fingerprint density at radius 2 is 1.84 bits per heavy atom. The molecular weight excluding hydrogens is 483 g/mol. The summed E-state index contributed by atoms with van der Waals surface area (Å²) < 4.78 is 16.6. The number of carbonyl (C=O) groups is 2. The second-order valence-corrected chi connectivity index (χ2v) is 10.3. The van der Waals surface area contributed by atoms with E-state index in [2.05, 4.69) is 29.3 Å². The molecule has 0 aliphatic rings. The Hall–Kier alpha value is -3.07. The van der Waals surface area contributed by atoms with E-state index >= 15 is 0 Å². The maximum absolute atomic E-state index is 14.9. The number of rotatable bonds is 13. The first kappa shape index (κ1) is 34.9. The molecule has 5 N–H and O–H groups in total. The van der Waals surface area contributed by atoms with Crippen LogP contribution in [-0.2, 0) is 21.8 Å². The van der Waals surface area contributed by atoms with Gasteiger partial charge in [-0.3, -0.25) is 19.3 Å². The molecule has 0 bridgehead atoms. The van der Waals surface area contributed by atoms with Crippen LogP contribution >= 0.6 is 0 Å². The van der Waals surface area contributed by atoms with Gasteiger partial charge in [0.25, 0.3) is 0 Å². The van der Waals surface area contributed by atoms with Crippen LogP contribution in [0.5, 0.6) is 0 Å². The van der Waals surface area contributed by atoms with Gasteiger partial charge in [-0.1, -0.05) is 40.2 Å². The molecular formula is C29H49FN6O2. The summed E-state index contributed by atoms with van der Waals surface area (Å²) in [5.41, 5.74) is 11.6. The van der Waals surface area contributed by atoms with Crippen LogP contribution in [-0.4, -0.2) is 46.3 Å². The average molecular weight is 533 g/mol. The molecule has 0 saturated carbocycles. The van der Waals surface area contributed by atoms with Crippen LogP contribution in [0.15, 0.2) is 41.1 Å². The van der Waals surface area contributed by atoms with Crippen molar-refractivity contribution in [2.24, 2.45) is 22.4 Å². The highest BCUT2D eigenvalue weighted by Crippen LogP contribution is 2.29. The quantitative estimate of drug-likeness (QED) is 0.190. The fraction of sp³-hybridized carbons (Fsp3) is 0.586. The molecule has 1 amide bonds. The van der Waals surface area contributed by atoms with E-state index in [1.807, 2.05) is 33.8 Å². The molecule has 0 aliphatic heterocycles. The first-order valence-electron chi connectivity index (χ1n) is 13.2. The summed E-state index contributed by atoms with van der Waals surface area (Å²) in [5.74, 6) is -0.220. The van der Waals surface area contributed by atoms with Crippen molar-refractivity contribution in [1.82, 2.24) is 15.1 Å². The van der Waals surface area contributed by atoms with Gasteiger partial charge in [0.2, 0.25) is 5.91 Å². The SMILES string of the molecule is CC.CCC(C)/C=C(\C=C/C(C)=O)c1cc(C(C)(C)F)nn1CC(C)(C)NC(=O)[C@H](N)C/C(C=NC)=C/N. The molecule has 0 aliphatic carbocycles. The Labute approximate surface area is 228 Å². The number of halogens is 1. The Kier molecular flexibility index (Phi) is 14.7. The summed E-state index contributed by atoms with van der Waals surface area (Å²) in [6.45, 7) is 16.5. The molecule has 0 fully saturated rings. The number of nitrogens with two attached hydrogens (primary N) is 2. The van der Waals surface area contributed by atoms with Gasteiger partial charge in [-0.05, 0) is 82.5 Å². The van der Waals surface area contributed by atoms with Crippen LogP contribution in [0.3, 0.4) is 0 Å². The summed E-state index contributed by atoms with van der Waals surface area (Å²) in [6, 6.07) is 0.874. The zero-order valence-electron chi connectivity index (χ0n) is 24.9. The number of carbonyl (C=O) groups excluding carboxylic acids is 2. The van der Waals surface area contributed by atoms with Crippen molar-refractivity contribution < 1.29 is 14.0 Å². The van der Waals surface area contributed by atoms with Gasteiger partial charge in [0.15, 0.2) is 5.78 Å². The van der Waals surface area contributed by atoms with Gasteiger partial charge >= 0.3 is 0 Å². The molecule has 0 radical (unpaired) electrons. The third-order valence-corrected chi connectivity index (χ3v) is 5.60. The largest absolute Gasteiger partial charge is 0.404 e. The van der Waals surface area contributed by atoms with Crippen LogP contribution in [0.1, 0.15) is 86.5 Å². The molecule has 1 rings (SSSR count). The van der Waals surface area contributed by atoms with Crippen LogP contribution in [0.25, 0.3) is 5.57 Å². The van der Waals surface area contributed by atoms with Crippen molar-refractivity contribution in [1.29, 1.82) is 0 Å². The predicted molar refractivity (Wildman–Crippen MR) is 156 cm³/mol. The number of hydrogen-bond acceptors (Lipinski definition) is 6. The maximum Gasteiger partial charge on any atom is 0.237 e. The molecule has 38 heavy (non-hydrogen) atoms. The van der Waals surface area contributed by atoms with Crippen molar-refractivity contribution >= 4 is 23.5 Å². The van der Waals surface area contributed by atoms with Gasteiger partial charge in [-0.25, -0.2) is 4.39 Å². The van der Waals surface area contributed by atoms with Gasteiger partial charge in [0.05, 0.1) is 29.5 Å². The van der Waals surface area contributed by atoms with E-state index in [9.17, 15) is 14.0 Å². The van der Waals surface area contributed by atoms with E-state index < -0.39 is 17.2 Å². The first-order chi connectivity index (χ1) is 17.6. The number of aromatic nitrogens is 2. The van der Waals surface area contributed by atoms with Crippen LogP contribution < -0.4 is 16.8 Å². The lowest BCUT2D eigenvalue weighted by atomic mass is 9.99. The number of nitrogens with zero attached hydrogens (tertiary/aromatic N) is 3. The summed E-state index contributed by atoms with van der Waals surface area (Å²) in [6.07, 6.45) is 9.33. The monoisotopic (exact) mass is 532 g/mol. The highest BCUT2D eigenvalue weighted by molar-refractivity contribution is 5.90. The summed E-state index contributed by atoms with van der Waals surface area (Å²) in [4.78, 5) is 28.4. The molecule has 0 aromatic carbocycles. The lowest BCUT2D eigenvalue weighted by Gasteiger charge is -2.29. The smallest absolute Gasteiger partial charge is 0.237 e. The van der Waals surface area contributed by atoms with Crippen molar-refractivity contribution in [3.8, 4) is 0 Å². The molecule has 9 heteroatoms. The highest BCUT2D eigenvalue weighted by atomic mass is 19.1. The minimum atomic E-state index is -1.67. The number of allylic oxidation sites excluding steroid dienone is 4. The average Bonchev–Trinajstić information content (AvgIpc) is 3.25. The van der Waals surface area contributed by atoms with E-state index in [1.165, 1.54) is 33.0 Å². The Morgan fingerprint density at radius 3 is 2.32 bits per heavy atom. The number of nitrogens with one attached hydrogen (secondary N) is 1. The Morgan fingerprint density at radius 1 is 1.24 bits per heavy atom. The second-order valence-electron chi connectivity index (χ2n) is 10.3. The normalized spacial score (nSPS) is 14.8. The van der Waals surface area contributed by atoms with E-state index in [4.69, 9.17) is 11.5 Å². The molecule has 0 spiro atoms. The number of amides is 1. The van der Waals surface area contributed by atoms with E-state index in [0.717, 1.165) is 12.0 Å². The topological polar surface area (TPSA) is 128 Å². The van der Waals surface area contributed by atoms with Gasteiger partial charge in [0, 0.05) is 13.3 Å². The van der Waals surface area contributed by atoms with Crippen LogP contribution in [0.2, 0.25) is 0 Å². The van der Waals surface area contributed by atoms with E-state index in [-0.39, 0.29) is 36.3 Å².